The molecule has 0 radical (unpaired) electrons. The quantitative estimate of drug-likeness (QED) is 0.784. The second-order valence-electron chi connectivity index (χ2n) is 5.45. The average molecular weight is 330 g/mol. The zero-order chi connectivity index (χ0) is 16.9. The maximum absolute atomic E-state index is 11.9. The van der Waals surface area contributed by atoms with Crippen LogP contribution < -0.4 is 10.6 Å². The van der Waals surface area contributed by atoms with Gasteiger partial charge in [0.15, 0.2) is 0 Å². The van der Waals surface area contributed by atoms with Crippen LogP contribution in [0.3, 0.4) is 0 Å². The number of ether oxygens (including phenoxy) is 1. The fourth-order valence-electron chi connectivity index (χ4n) is 2.54. The van der Waals surface area contributed by atoms with Gasteiger partial charge in [-0.05, 0) is 31.5 Å². The molecule has 126 valence electrons. The van der Waals surface area contributed by atoms with Crippen LogP contribution in [0.2, 0.25) is 0 Å². The van der Waals surface area contributed by atoms with E-state index >= 15 is 0 Å². The molecule has 1 fully saturated rings. The monoisotopic (exact) mass is 330 g/mol. The SMILES string of the molecule is COC(=O)c1cccc(-c2noc(CNC(=O)C3CCCN3)n2)c1. The van der Waals surface area contributed by atoms with Crippen LogP contribution in [0.25, 0.3) is 11.4 Å². The van der Waals surface area contributed by atoms with Gasteiger partial charge < -0.3 is 19.9 Å². The summed E-state index contributed by atoms with van der Waals surface area (Å²) >= 11 is 0. The van der Waals surface area contributed by atoms with E-state index in [9.17, 15) is 9.59 Å². The van der Waals surface area contributed by atoms with Crippen molar-refractivity contribution in [1.29, 1.82) is 0 Å². The van der Waals surface area contributed by atoms with Gasteiger partial charge in [0.25, 0.3) is 0 Å². The number of hydrogen-bond donors (Lipinski definition) is 2. The van der Waals surface area contributed by atoms with Crippen LogP contribution in [-0.4, -0.2) is 41.7 Å². The summed E-state index contributed by atoms with van der Waals surface area (Å²) in [7, 11) is 1.32. The molecule has 1 aliphatic rings. The summed E-state index contributed by atoms with van der Waals surface area (Å²) in [6, 6.07) is 6.60. The Kier molecular flexibility index (Phi) is 4.85. The number of aromatic nitrogens is 2. The van der Waals surface area contributed by atoms with E-state index in [1.165, 1.54) is 7.11 Å². The third kappa shape index (κ3) is 3.60. The molecule has 1 saturated heterocycles. The number of nitrogens with one attached hydrogen (secondary N) is 2. The van der Waals surface area contributed by atoms with E-state index in [4.69, 9.17) is 4.52 Å². The summed E-state index contributed by atoms with van der Waals surface area (Å²) < 4.78 is 9.84. The lowest BCUT2D eigenvalue weighted by Crippen LogP contribution is -2.40. The molecule has 2 heterocycles. The highest BCUT2D eigenvalue weighted by Gasteiger charge is 2.22. The molecule has 0 spiro atoms. The topological polar surface area (TPSA) is 106 Å². The molecule has 1 aromatic carbocycles. The number of carbonyl (C=O) groups is 2. The maximum Gasteiger partial charge on any atom is 0.337 e. The number of benzene rings is 1. The Balaban J connectivity index is 1.65. The van der Waals surface area contributed by atoms with Gasteiger partial charge in [-0.15, -0.1) is 0 Å². The number of esters is 1. The van der Waals surface area contributed by atoms with E-state index in [1.54, 1.807) is 24.3 Å². The van der Waals surface area contributed by atoms with Gasteiger partial charge in [-0.1, -0.05) is 17.3 Å². The van der Waals surface area contributed by atoms with Gasteiger partial charge in [-0.2, -0.15) is 4.98 Å². The molecule has 8 heteroatoms. The fraction of sp³-hybridized carbons (Fsp3) is 0.375. The maximum atomic E-state index is 11.9. The van der Waals surface area contributed by atoms with Gasteiger partial charge in [-0.3, -0.25) is 4.79 Å². The van der Waals surface area contributed by atoms with Crippen LogP contribution in [0.15, 0.2) is 28.8 Å². The van der Waals surface area contributed by atoms with E-state index in [0.717, 1.165) is 19.4 Å². The van der Waals surface area contributed by atoms with Crippen LogP contribution in [-0.2, 0) is 16.1 Å². The summed E-state index contributed by atoms with van der Waals surface area (Å²) in [4.78, 5) is 27.7. The fourth-order valence-corrected chi connectivity index (χ4v) is 2.54. The number of amides is 1. The van der Waals surface area contributed by atoms with Gasteiger partial charge in [0, 0.05) is 5.56 Å². The lowest BCUT2D eigenvalue weighted by Gasteiger charge is -2.08. The van der Waals surface area contributed by atoms with E-state index in [-0.39, 0.29) is 18.5 Å². The van der Waals surface area contributed by atoms with Crippen molar-refractivity contribution >= 4 is 11.9 Å². The van der Waals surface area contributed by atoms with Gasteiger partial charge in [-0.25, -0.2) is 4.79 Å². The van der Waals surface area contributed by atoms with Crippen LogP contribution >= 0.6 is 0 Å². The average Bonchev–Trinajstić information content (AvgIpc) is 3.30. The van der Waals surface area contributed by atoms with Crippen LogP contribution in [0.5, 0.6) is 0 Å². The van der Waals surface area contributed by atoms with Crippen molar-refractivity contribution in [2.45, 2.75) is 25.4 Å². The molecule has 1 aliphatic heterocycles. The summed E-state index contributed by atoms with van der Waals surface area (Å²) in [5.74, 6) is 0.153. The Labute approximate surface area is 138 Å². The molecule has 8 nitrogen and oxygen atoms in total. The molecule has 1 unspecified atom stereocenters. The standard InChI is InChI=1S/C16H18N4O4/c1-23-16(22)11-5-2-4-10(8-11)14-19-13(24-20-14)9-18-15(21)12-6-3-7-17-12/h2,4-5,8,12,17H,3,6-7,9H2,1H3,(H,18,21). The normalized spacial score (nSPS) is 16.8. The van der Waals surface area contributed by atoms with Crippen molar-refractivity contribution in [2.24, 2.45) is 0 Å². The van der Waals surface area contributed by atoms with Crippen LogP contribution in [0, 0.1) is 0 Å². The first-order valence-corrected chi connectivity index (χ1v) is 7.70. The molecule has 1 amide bonds. The van der Waals surface area contributed by atoms with Crippen molar-refractivity contribution in [2.75, 3.05) is 13.7 Å². The lowest BCUT2D eigenvalue weighted by atomic mass is 10.1. The Morgan fingerprint density at radius 3 is 3.08 bits per heavy atom. The molecule has 3 rings (SSSR count). The third-order valence-corrected chi connectivity index (χ3v) is 3.80. The number of carbonyl (C=O) groups excluding carboxylic acids is 2. The molecule has 2 N–H and O–H groups in total. The molecule has 24 heavy (non-hydrogen) atoms. The minimum absolute atomic E-state index is 0.0695. The predicted molar refractivity (Wildman–Crippen MR) is 83.9 cm³/mol. The predicted octanol–water partition coefficient (Wildman–Crippen LogP) is 0.891. The second kappa shape index (κ2) is 7.22. The van der Waals surface area contributed by atoms with Crippen LogP contribution in [0.4, 0.5) is 0 Å². The van der Waals surface area contributed by atoms with E-state index in [1.807, 2.05) is 0 Å². The van der Waals surface area contributed by atoms with Gasteiger partial charge >= 0.3 is 5.97 Å². The zero-order valence-corrected chi connectivity index (χ0v) is 13.2. The first-order valence-electron chi connectivity index (χ1n) is 7.70. The van der Waals surface area contributed by atoms with Gasteiger partial charge in [0.05, 0.1) is 25.3 Å². The Morgan fingerprint density at radius 2 is 2.33 bits per heavy atom. The highest BCUT2D eigenvalue weighted by Crippen LogP contribution is 2.18. The first kappa shape index (κ1) is 16.1. The Morgan fingerprint density at radius 1 is 1.46 bits per heavy atom. The van der Waals surface area contributed by atoms with Crippen molar-refractivity contribution in [3.63, 3.8) is 0 Å². The third-order valence-electron chi connectivity index (χ3n) is 3.80. The zero-order valence-electron chi connectivity index (χ0n) is 13.2. The molecular weight excluding hydrogens is 312 g/mol. The van der Waals surface area contributed by atoms with Crippen LogP contribution in [0.1, 0.15) is 29.1 Å². The Hall–Kier alpha value is -2.74. The molecular formula is C16H18N4O4. The summed E-state index contributed by atoms with van der Waals surface area (Å²) in [5, 5.41) is 9.78. The second-order valence-corrected chi connectivity index (χ2v) is 5.45. The molecule has 1 atom stereocenters. The Bertz CT molecular complexity index is 737. The number of nitrogens with zero attached hydrogens (tertiary/aromatic N) is 2. The summed E-state index contributed by atoms with van der Waals surface area (Å²) in [5.41, 5.74) is 1.04. The lowest BCUT2D eigenvalue weighted by molar-refractivity contribution is -0.123. The van der Waals surface area contributed by atoms with Crippen molar-refractivity contribution < 1.29 is 18.8 Å². The highest BCUT2D eigenvalue weighted by molar-refractivity contribution is 5.90. The number of rotatable bonds is 5. The van der Waals surface area contributed by atoms with E-state index < -0.39 is 5.97 Å². The van der Waals surface area contributed by atoms with E-state index in [2.05, 4.69) is 25.5 Å². The largest absolute Gasteiger partial charge is 0.465 e. The molecule has 0 saturated carbocycles. The molecule has 0 aliphatic carbocycles. The highest BCUT2D eigenvalue weighted by atomic mass is 16.5. The molecule has 0 bridgehead atoms. The summed E-state index contributed by atoms with van der Waals surface area (Å²) in [6.07, 6.45) is 1.83. The minimum Gasteiger partial charge on any atom is -0.465 e. The van der Waals surface area contributed by atoms with Crippen molar-refractivity contribution in [3.05, 3.63) is 35.7 Å². The number of methoxy groups -OCH3 is 1. The van der Waals surface area contributed by atoms with Crippen molar-refractivity contribution in [3.8, 4) is 11.4 Å². The first-order chi connectivity index (χ1) is 11.7. The number of hydrogen-bond acceptors (Lipinski definition) is 7. The minimum atomic E-state index is -0.433. The summed E-state index contributed by atoms with van der Waals surface area (Å²) in [6.45, 7) is 1.03. The van der Waals surface area contributed by atoms with Crippen molar-refractivity contribution in [1.82, 2.24) is 20.8 Å². The smallest absolute Gasteiger partial charge is 0.337 e. The van der Waals surface area contributed by atoms with E-state index in [0.29, 0.717) is 22.8 Å². The molecule has 2 aromatic rings. The molecule has 1 aromatic heterocycles. The van der Waals surface area contributed by atoms with Gasteiger partial charge in [0.2, 0.25) is 17.6 Å². The van der Waals surface area contributed by atoms with Gasteiger partial charge in [0.1, 0.15) is 0 Å².